The average Bonchev–Trinajstić information content (AvgIpc) is 2.44. The summed E-state index contributed by atoms with van der Waals surface area (Å²) in [4.78, 5) is 16.7. The van der Waals surface area contributed by atoms with E-state index in [2.05, 4.69) is 10.3 Å². The summed E-state index contributed by atoms with van der Waals surface area (Å²) in [5.74, 6) is 0.436. The predicted molar refractivity (Wildman–Crippen MR) is 89.5 cm³/mol. The van der Waals surface area contributed by atoms with Gasteiger partial charge in [0.05, 0.1) is 26.5 Å². The molecule has 0 aliphatic carbocycles. The van der Waals surface area contributed by atoms with E-state index < -0.39 is 0 Å². The van der Waals surface area contributed by atoms with E-state index in [1.807, 2.05) is 0 Å². The molecule has 0 aliphatic heterocycles. The molecule has 4 nitrogen and oxygen atoms in total. The van der Waals surface area contributed by atoms with E-state index in [-0.39, 0.29) is 11.7 Å². The molecule has 3 N–H and O–H groups in total. The number of hydrogen-bond donors (Lipinski definition) is 2. The molecule has 21 heavy (non-hydrogen) atoms. The largest absolute Gasteiger partial charge is 0.384 e. The summed E-state index contributed by atoms with van der Waals surface area (Å²) in [5, 5.41) is 3.67. The molecule has 1 amide bonds. The summed E-state index contributed by atoms with van der Waals surface area (Å²) in [6, 6.07) is 6.47. The number of aromatic nitrogens is 1. The molecular formula is C13H10Cl3N3OS. The van der Waals surface area contributed by atoms with E-state index in [9.17, 15) is 4.79 Å². The van der Waals surface area contributed by atoms with E-state index in [0.717, 1.165) is 4.90 Å². The van der Waals surface area contributed by atoms with Crippen molar-refractivity contribution in [3.05, 3.63) is 45.5 Å². The van der Waals surface area contributed by atoms with Crippen LogP contribution in [0.4, 0.5) is 11.5 Å². The number of nitrogen functional groups attached to an aromatic ring is 1. The number of carbonyl (C=O) groups is 1. The van der Waals surface area contributed by atoms with Gasteiger partial charge in [0.2, 0.25) is 5.91 Å². The first kappa shape index (κ1) is 16.2. The third kappa shape index (κ3) is 4.68. The number of thioether (sulfide) groups is 1. The average molecular weight is 363 g/mol. The molecule has 2 rings (SSSR count). The van der Waals surface area contributed by atoms with Crippen LogP contribution in [0.15, 0.2) is 35.4 Å². The van der Waals surface area contributed by atoms with Crippen molar-refractivity contribution in [3.63, 3.8) is 0 Å². The summed E-state index contributed by atoms with van der Waals surface area (Å²) < 4.78 is 0. The Bertz CT molecular complexity index is 664. The van der Waals surface area contributed by atoms with Crippen LogP contribution in [0.3, 0.4) is 0 Å². The molecule has 0 atom stereocenters. The van der Waals surface area contributed by atoms with Crippen molar-refractivity contribution in [2.45, 2.75) is 4.90 Å². The van der Waals surface area contributed by atoms with Crippen LogP contribution in [0.1, 0.15) is 0 Å². The monoisotopic (exact) mass is 361 g/mol. The minimum atomic E-state index is -0.211. The maximum Gasteiger partial charge on any atom is 0.234 e. The van der Waals surface area contributed by atoms with Gasteiger partial charge >= 0.3 is 0 Å². The van der Waals surface area contributed by atoms with Crippen LogP contribution in [0.25, 0.3) is 0 Å². The smallest absolute Gasteiger partial charge is 0.234 e. The maximum absolute atomic E-state index is 11.9. The molecule has 0 aliphatic rings. The van der Waals surface area contributed by atoms with E-state index in [1.54, 1.807) is 18.3 Å². The van der Waals surface area contributed by atoms with Crippen LogP contribution in [0.5, 0.6) is 0 Å². The topological polar surface area (TPSA) is 68.0 Å². The quantitative estimate of drug-likeness (QED) is 0.626. The van der Waals surface area contributed by atoms with Crippen LogP contribution in [-0.2, 0) is 4.79 Å². The summed E-state index contributed by atoms with van der Waals surface area (Å²) in [6.07, 6.45) is 1.61. The summed E-state index contributed by atoms with van der Waals surface area (Å²) in [7, 11) is 0. The van der Waals surface area contributed by atoms with Crippen LogP contribution in [0, 0.1) is 0 Å². The van der Waals surface area contributed by atoms with Crippen LogP contribution in [-0.4, -0.2) is 16.6 Å². The number of nitrogens with zero attached hydrogens (tertiary/aromatic N) is 1. The molecule has 0 saturated heterocycles. The van der Waals surface area contributed by atoms with Crippen molar-refractivity contribution < 1.29 is 4.79 Å². The zero-order valence-electron chi connectivity index (χ0n) is 10.6. The standard InChI is InChI=1S/C13H10Cl3N3OS/c14-8-3-10(16)11(4-9(8)15)19-13(20)6-21-7-1-2-12(17)18-5-7/h1-5H,6H2,(H2,17,18)(H,19,20). The first-order chi connectivity index (χ1) is 9.95. The van der Waals surface area contributed by atoms with Gasteiger partial charge in [0.1, 0.15) is 5.82 Å². The Hall–Kier alpha value is -1.14. The molecular weight excluding hydrogens is 353 g/mol. The molecule has 8 heteroatoms. The highest BCUT2D eigenvalue weighted by Gasteiger charge is 2.10. The Labute approximate surface area is 141 Å². The zero-order chi connectivity index (χ0) is 15.4. The van der Waals surface area contributed by atoms with Gasteiger partial charge in [0, 0.05) is 11.1 Å². The highest BCUT2D eigenvalue weighted by Crippen LogP contribution is 2.32. The third-order valence-corrected chi connectivity index (χ3v) is 4.43. The Morgan fingerprint density at radius 1 is 1.19 bits per heavy atom. The maximum atomic E-state index is 11.9. The minimum absolute atomic E-state index is 0.210. The molecule has 0 bridgehead atoms. The SMILES string of the molecule is Nc1ccc(SCC(=O)Nc2cc(Cl)c(Cl)cc2Cl)cn1. The Balaban J connectivity index is 1.96. The minimum Gasteiger partial charge on any atom is -0.384 e. The Kier molecular flexibility index (Phi) is 5.58. The molecule has 1 heterocycles. The van der Waals surface area contributed by atoms with E-state index in [1.165, 1.54) is 23.9 Å². The first-order valence-corrected chi connectivity index (χ1v) is 7.86. The first-order valence-electron chi connectivity index (χ1n) is 5.74. The fraction of sp³-hybridized carbons (Fsp3) is 0.0769. The van der Waals surface area contributed by atoms with E-state index >= 15 is 0 Å². The zero-order valence-corrected chi connectivity index (χ0v) is 13.7. The number of anilines is 2. The number of rotatable bonds is 4. The van der Waals surface area contributed by atoms with Crippen molar-refractivity contribution in [1.82, 2.24) is 4.98 Å². The molecule has 1 aromatic heterocycles. The van der Waals surface area contributed by atoms with Crippen LogP contribution in [0.2, 0.25) is 15.1 Å². The molecule has 0 radical (unpaired) electrons. The van der Waals surface area contributed by atoms with Crippen LogP contribution >= 0.6 is 46.6 Å². The van der Waals surface area contributed by atoms with Gasteiger partial charge in [-0.3, -0.25) is 4.79 Å². The lowest BCUT2D eigenvalue weighted by atomic mass is 10.3. The van der Waals surface area contributed by atoms with E-state index in [4.69, 9.17) is 40.5 Å². The van der Waals surface area contributed by atoms with Gasteiger partial charge in [-0.2, -0.15) is 0 Å². The number of carbonyl (C=O) groups excluding carboxylic acids is 1. The molecule has 1 aromatic carbocycles. The van der Waals surface area contributed by atoms with Crippen molar-refractivity contribution in [1.29, 1.82) is 0 Å². The van der Waals surface area contributed by atoms with Crippen LogP contribution < -0.4 is 11.1 Å². The van der Waals surface area contributed by atoms with Gasteiger partial charge in [-0.1, -0.05) is 34.8 Å². The summed E-state index contributed by atoms with van der Waals surface area (Å²) in [6.45, 7) is 0. The second-order valence-corrected chi connectivity index (χ2v) is 6.27. The number of amides is 1. The van der Waals surface area contributed by atoms with Crippen molar-refractivity contribution >= 4 is 64.0 Å². The number of benzene rings is 1. The third-order valence-electron chi connectivity index (χ3n) is 2.41. The fourth-order valence-electron chi connectivity index (χ4n) is 1.43. The number of halogens is 3. The molecule has 0 spiro atoms. The lowest BCUT2D eigenvalue weighted by Gasteiger charge is -2.08. The van der Waals surface area contributed by atoms with Gasteiger partial charge in [-0.05, 0) is 24.3 Å². The van der Waals surface area contributed by atoms with Gasteiger partial charge < -0.3 is 11.1 Å². The van der Waals surface area contributed by atoms with E-state index in [0.29, 0.717) is 26.6 Å². The normalized spacial score (nSPS) is 10.4. The molecule has 110 valence electrons. The number of pyridine rings is 1. The molecule has 0 unspecified atom stereocenters. The molecule has 2 aromatic rings. The summed E-state index contributed by atoms with van der Waals surface area (Å²) in [5.41, 5.74) is 5.91. The molecule has 0 fully saturated rings. The van der Waals surface area contributed by atoms with Gasteiger partial charge in [0.15, 0.2) is 0 Å². The van der Waals surface area contributed by atoms with Crippen molar-refractivity contribution in [3.8, 4) is 0 Å². The van der Waals surface area contributed by atoms with Gasteiger partial charge in [-0.25, -0.2) is 4.98 Å². The van der Waals surface area contributed by atoms with Crippen molar-refractivity contribution in [2.75, 3.05) is 16.8 Å². The molecule has 0 saturated carbocycles. The number of nitrogens with one attached hydrogen (secondary N) is 1. The number of hydrogen-bond acceptors (Lipinski definition) is 4. The number of nitrogens with two attached hydrogens (primary N) is 1. The Morgan fingerprint density at radius 3 is 2.57 bits per heavy atom. The van der Waals surface area contributed by atoms with Gasteiger partial charge in [0.25, 0.3) is 0 Å². The highest BCUT2D eigenvalue weighted by molar-refractivity contribution is 8.00. The second kappa shape index (κ2) is 7.22. The second-order valence-electron chi connectivity index (χ2n) is 4.00. The lowest BCUT2D eigenvalue weighted by molar-refractivity contribution is -0.113. The fourth-order valence-corrected chi connectivity index (χ4v) is 2.69. The Morgan fingerprint density at radius 2 is 1.90 bits per heavy atom. The lowest BCUT2D eigenvalue weighted by Crippen LogP contribution is -2.14. The van der Waals surface area contributed by atoms with Gasteiger partial charge in [-0.15, -0.1) is 11.8 Å². The summed E-state index contributed by atoms with van der Waals surface area (Å²) >= 11 is 19.0. The van der Waals surface area contributed by atoms with Crippen molar-refractivity contribution in [2.24, 2.45) is 0 Å². The predicted octanol–water partition coefficient (Wildman–Crippen LogP) is 4.35. The highest BCUT2D eigenvalue weighted by atomic mass is 35.5.